The number of hydrogen-bond donors (Lipinski definition) is 1. The number of nitrogens with zero attached hydrogens (tertiary/aromatic N) is 2. The Hall–Kier alpha value is -2.11. The van der Waals surface area contributed by atoms with Crippen LogP contribution in [0.2, 0.25) is 0 Å². The molecule has 2 aliphatic heterocycles. The molecule has 1 N–H and O–H groups in total. The number of Topliss-reactive ketones (excluding diaryl/α,β-unsaturated/α-hetero) is 2. The quantitative estimate of drug-likeness (QED) is 0.658. The van der Waals surface area contributed by atoms with Gasteiger partial charge in [-0.1, -0.05) is 24.3 Å². The zero-order chi connectivity index (χ0) is 21.1. The highest BCUT2D eigenvalue weighted by Crippen LogP contribution is 2.31. The molecule has 0 bridgehead atoms. The van der Waals surface area contributed by atoms with Crippen LogP contribution in [0.4, 0.5) is 0 Å². The summed E-state index contributed by atoms with van der Waals surface area (Å²) in [5, 5.41) is 0. The molecule has 1 aliphatic carbocycles. The number of ether oxygens (including phenoxy) is 2. The molecule has 30 heavy (non-hydrogen) atoms. The van der Waals surface area contributed by atoms with Crippen LogP contribution in [0.5, 0.6) is 0 Å². The Morgan fingerprint density at radius 1 is 0.867 bits per heavy atom. The van der Waals surface area contributed by atoms with Gasteiger partial charge in [0.2, 0.25) is 21.6 Å². The van der Waals surface area contributed by atoms with Crippen molar-refractivity contribution in [2.45, 2.75) is 0 Å². The fourth-order valence-corrected chi connectivity index (χ4v) is 5.23. The number of ketones is 2. The highest BCUT2D eigenvalue weighted by molar-refractivity contribution is 7.94. The Morgan fingerprint density at radius 2 is 1.43 bits per heavy atom. The maximum absolute atomic E-state index is 13.2. The predicted molar refractivity (Wildman–Crippen MR) is 109 cm³/mol. The van der Waals surface area contributed by atoms with E-state index in [-0.39, 0.29) is 23.4 Å². The standard InChI is InChI=1S/C20H25N3O6S/c24-18-15-3-1-2-4-16(15)19(25)20(17(18)23-9-13-29-14-10-23)30(26,27)21-5-6-22-7-11-28-12-8-22/h1-4,21H,5-14H2. The van der Waals surface area contributed by atoms with Gasteiger partial charge in [0.15, 0.2) is 4.91 Å². The average Bonchev–Trinajstić information content (AvgIpc) is 2.77. The maximum atomic E-state index is 13.2. The first-order valence-electron chi connectivity index (χ1n) is 10.0. The first-order chi connectivity index (χ1) is 14.5. The number of hydrogen-bond acceptors (Lipinski definition) is 8. The Morgan fingerprint density at radius 3 is 2.07 bits per heavy atom. The number of rotatable bonds is 6. The van der Waals surface area contributed by atoms with Gasteiger partial charge in [0.05, 0.1) is 26.4 Å². The summed E-state index contributed by atoms with van der Waals surface area (Å²) in [7, 11) is -4.19. The lowest BCUT2D eigenvalue weighted by Gasteiger charge is -2.33. The second-order valence-electron chi connectivity index (χ2n) is 7.33. The van der Waals surface area contributed by atoms with E-state index < -0.39 is 26.5 Å². The van der Waals surface area contributed by atoms with Gasteiger partial charge in [-0.3, -0.25) is 14.5 Å². The fourth-order valence-electron chi connectivity index (χ4n) is 3.90. The summed E-state index contributed by atoms with van der Waals surface area (Å²) in [6, 6.07) is 6.35. The molecule has 2 heterocycles. The Balaban J connectivity index is 1.65. The minimum absolute atomic E-state index is 0.0547. The lowest BCUT2D eigenvalue weighted by molar-refractivity contribution is 0.0390. The van der Waals surface area contributed by atoms with Crippen LogP contribution in [0, 0.1) is 0 Å². The van der Waals surface area contributed by atoms with Crippen molar-refractivity contribution in [2.24, 2.45) is 0 Å². The zero-order valence-corrected chi connectivity index (χ0v) is 17.4. The number of allylic oxidation sites excluding steroid dienone is 2. The topological polar surface area (TPSA) is 105 Å². The summed E-state index contributed by atoms with van der Waals surface area (Å²) in [6.45, 7) is 4.77. The van der Waals surface area contributed by atoms with Gasteiger partial charge in [0, 0.05) is 50.4 Å². The third kappa shape index (κ3) is 4.19. The van der Waals surface area contributed by atoms with Gasteiger partial charge in [0.25, 0.3) is 0 Å². The molecule has 0 radical (unpaired) electrons. The van der Waals surface area contributed by atoms with E-state index in [2.05, 4.69) is 9.62 Å². The van der Waals surface area contributed by atoms with Crippen molar-refractivity contribution in [3.05, 3.63) is 46.0 Å². The smallest absolute Gasteiger partial charge is 0.246 e. The molecule has 4 rings (SSSR count). The molecule has 162 valence electrons. The van der Waals surface area contributed by atoms with Crippen LogP contribution in [0.1, 0.15) is 20.7 Å². The van der Waals surface area contributed by atoms with Crippen molar-refractivity contribution < 1.29 is 27.5 Å². The van der Waals surface area contributed by atoms with Gasteiger partial charge < -0.3 is 14.4 Å². The van der Waals surface area contributed by atoms with Crippen LogP contribution < -0.4 is 4.72 Å². The second-order valence-corrected chi connectivity index (χ2v) is 9.04. The minimum atomic E-state index is -4.19. The first kappa shape index (κ1) is 21.1. The van der Waals surface area contributed by atoms with Crippen LogP contribution in [0.3, 0.4) is 0 Å². The van der Waals surface area contributed by atoms with E-state index in [1.807, 2.05) is 0 Å². The van der Waals surface area contributed by atoms with Gasteiger partial charge in [0.1, 0.15) is 5.70 Å². The molecule has 9 nitrogen and oxygen atoms in total. The SMILES string of the molecule is O=C1C(N2CCOCC2)=C(S(=O)(=O)NCCN2CCOCC2)C(=O)c2ccccc21. The lowest BCUT2D eigenvalue weighted by atomic mass is 9.91. The number of benzene rings is 1. The minimum Gasteiger partial charge on any atom is -0.379 e. The van der Waals surface area contributed by atoms with E-state index in [0.29, 0.717) is 46.1 Å². The van der Waals surface area contributed by atoms with Crippen LogP contribution in [0.15, 0.2) is 34.9 Å². The number of morpholine rings is 2. The van der Waals surface area contributed by atoms with Crippen molar-refractivity contribution in [2.75, 3.05) is 65.7 Å². The normalized spacial score (nSPS) is 21.1. The molecule has 0 spiro atoms. The molecular weight excluding hydrogens is 410 g/mol. The van der Waals surface area contributed by atoms with Gasteiger partial charge in [-0.15, -0.1) is 0 Å². The van der Waals surface area contributed by atoms with Gasteiger partial charge in [-0.25, -0.2) is 13.1 Å². The van der Waals surface area contributed by atoms with Crippen LogP contribution in [-0.4, -0.2) is 95.5 Å². The van der Waals surface area contributed by atoms with Crippen molar-refractivity contribution in [1.82, 2.24) is 14.5 Å². The highest BCUT2D eigenvalue weighted by atomic mass is 32.2. The predicted octanol–water partition coefficient (Wildman–Crippen LogP) is -0.139. The lowest BCUT2D eigenvalue weighted by Crippen LogP contribution is -2.45. The molecule has 2 saturated heterocycles. The first-order valence-corrected chi connectivity index (χ1v) is 11.5. The molecule has 0 atom stereocenters. The van der Waals surface area contributed by atoms with Gasteiger partial charge in [-0.2, -0.15) is 0 Å². The van der Waals surface area contributed by atoms with Crippen LogP contribution >= 0.6 is 0 Å². The van der Waals surface area contributed by atoms with E-state index in [9.17, 15) is 18.0 Å². The third-order valence-electron chi connectivity index (χ3n) is 5.47. The van der Waals surface area contributed by atoms with E-state index in [1.54, 1.807) is 23.1 Å². The van der Waals surface area contributed by atoms with Crippen molar-refractivity contribution >= 4 is 21.6 Å². The number of fused-ring (bicyclic) bond motifs is 1. The molecule has 10 heteroatoms. The molecule has 0 amide bonds. The molecule has 0 unspecified atom stereocenters. The van der Waals surface area contributed by atoms with E-state index in [4.69, 9.17) is 9.47 Å². The zero-order valence-electron chi connectivity index (χ0n) is 16.6. The molecule has 0 saturated carbocycles. The number of nitrogens with one attached hydrogen (secondary N) is 1. The summed E-state index contributed by atoms with van der Waals surface area (Å²) in [5.74, 6) is -1.09. The molecule has 1 aromatic carbocycles. The van der Waals surface area contributed by atoms with Gasteiger partial charge in [-0.05, 0) is 0 Å². The Kier molecular flexibility index (Phi) is 6.30. The van der Waals surface area contributed by atoms with E-state index in [1.165, 1.54) is 6.07 Å². The summed E-state index contributed by atoms with van der Waals surface area (Å²) in [5.41, 5.74) is 0.296. The number of sulfonamides is 1. The van der Waals surface area contributed by atoms with Crippen molar-refractivity contribution in [3.8, 4) is 0 Å². The van der Waals surface area contributed by atoms with Crippen molar-refractivity contribution in [3.63, 3.8) is 0 Å². The molecule has 0 aromatic heterocycles. The van der Waals surface area contributed by atoms with Gasteiger partial charge >= 0.3 is 0 Å². The molecular formula is C20H25N3O6S. The third-order valence-corrected chi connectivity index (χ3v) is 6.97. The fraction of sp³-hybridized carbons (Fsp3) is 0.500. The monoisotopic (exact) mass is 435 g/mol. The average molecular weight is 436 g/mol. The molecule has 3 aliphatic rings. The van der Waals surface area contributed by atoms with Crippen molar-refractivity contribution in [1.29, 1.82) is 0 Å². The van der Waals surface area contributed by atoms with E-state index in [0.717, 1.165) is 13.1 Å². The summed E-state index contributed by atoms with van der Waals surface area (Å²) in [6.07, 6.45) is 0. The van der Waals surface area contributed by atoms with Crippen LogP contribution in [-0.2, 0) is 19.5 Å². The molecule has 1 aromatic rings. The summed E-state index contributed by atoms with van der Waals surface area (Å²) < 4.78 is 39.6. The number of carbonyl (C=O) groups excluding carboxylic acids is 2. The van der Waals surface area contributed by atoms with E-state index >= 15 is 0 Å². The summed E-state index contributed by atoms with van der Waals surface area (Å²) in [4.78, 5) is 29.7. The largest absolute Gasteiger partial charge is 0.379 e. The Labute approximate surface area is 175 Å². The number of carbonyl (C=O) groups is 2. The highest BCUT2D eigenvalue weighted by Gasteiger charge is 2.41. The molecule has 2 fully saturated rings. The summed E-state index contributed by atoms with van der Waals surface area (Å²) >= 11 is 0. The Bertz CT molecular complexity index is 963. The van der Waals surface area contributed by atoms with Crippen LogP contribution in [0.25, 0.3) is 0 Å². The maximum Gasteiger partial charge on any atom is 0.246 e. The second kappa shape index (κ2) is 8.94.